The molecule has 0 aliphatic heterocycles. The fourth-order valence-electron chi connectivity index (χ4n) is 4.68. The molecule has 2 aliphatic rings. The first kappa shape index (κ1) is 17.2. The summed E-state index contributed by atoms with van der Waals surface area (Å²) in [5.41, 5.74) is 3.46. The lowest BCUT2D eigenvalue weighted by molar-refractivity contribution is 0.0342. The molecule has 4 rings (SSSR count). The van der Waals surface area contributed by atoms with E-state index in [-0.39, 0.29) is 17.5 Å². The topological polar surface area (TPSA) is 54.4 Å². The average molecular weight is 348 g/mol. The molecule has 1 saturated carbocycles. The van der Waals surface area contributed by atoms with Crippen LogP contribution in [0.25, 0.3) is 0 Å². The van der Waals surface area contributed by atoms with E-state index in [1.807, 2.05) is 0 Å². The summed E-state index contributed by atoms with van der Waals surface area (Å²) in [7, 11) is 0. The van der Waals surface area contributed by atoms with Gasteiger partial charge in [-0.25, -0.2) is 0 Å². The first-order chi connectivity index (χ1) is 12.6. The van der Waals surface area contributed by atoms with Crippen LogP contribution in [0.5, 0.6) is 0 Å². The van der Waals surface area contributed by atoms with Crippen molar-refractivity contribution >= 4 is 11.6 Å². The highest BCUT2D eigenvalue weighted by molar-refractivity contribution is 6.17. The van der Waals surface area contributed by atoms with Crippen LogP contribution in [0.3, 0.4) is 0 Å². The normalized spacial score (nSPS) is 28.7. The van der Waals surface area contributed by atoms with Gasteiger partial charge in [-0.3, -0.25) is 9.59 Å². The Morgan fingerprint density at radius 1 is 0.808 bits per heavy atom. The zero-order valence-electron chi connectivity index (χ0n) is 15.0. The lowest BCUT2D eigenvalue weighted by Gasteiger charge is -2.37. The van der Waals surface area contributed by atoms with Gasteiger partial charge < -0.3 is 5.11 Å². The Balaban J connectivity index is 1.51. The van der Waals surface area contributed by atoms with E-state index in [4.69, 9.17) is 0 Å². The second kappa shape index (κ2) is 6.81. The van der Waals surface area contributed by atoms with Crippen molar-refractivity contribution in [2.24, 2.45) is 11.8 Å². The fourth-order valence-corrected chi connectivity index (χ4v) is 4.68. The molecule has 2 aliphatic carbocycles. The number of hydrogen-bond acceptors (Lipinski definition) is 3. The smallest absolute Gasteiger partial charge is 0.192 e. The monoisotopic (exact) mass is 348 g/mol. The highest BCUT2D eigenvalue weighted by Crippen LogP contribution is 2.42. The summed E-state index contributed by atoms with van der Waals surface area (Å²) in [4.78, 5) is 25.5. The maximum absolute atomic E-state index is 12.9. The van der Waals surface area contributed by atoms with Crippen LogP contribution in [0, 0.1) is 18.8 Å². The molecule has 0 bridgehead atoms. The third kappa shape index (κ3) is 2.90. The van der Waals surface area contributed by atoms with E-state index in [1.165, 1.54) is 11.1 Å². The number of carbonyl (C=O) groups excluding carboxylic acids is 2. The fraction of sp³-hybridized carbons (Fsp3) is 0.391. The maximum Gasteiger partial charge on any atom is 0.192 e. The standard InChI is InChI=1S/C23H24O3/c1-14-6-8-15(9-7-14)16-10-12-17(13-11-16)20-21(24)18-4-2-3-5-19(18)22(25)23(20)26/h2-9,16-17,20,23,26H,10-13H2,1H3/t16?,17?,20-,23?/m0/s1. The minimum Gasteiger partial charge on any atom is -0.384 e. The molecule has 0 amide bonds. The Kier molecular flexibility index (Phi) is 4.49. The zero-order chi connectivity index (χ0) is 18.3. The summed E-state index contributed by atoms with van der Waals surface area (Å²) in [6.07, 6.45) is 2.56. The number of aliphatic hydroxyl groups excluding tert-OH is 1. The summed E-state index contributed by atoms with van der Waals surface area (Å²) < 4.78 is 0. The van der Waals surface area contributed by atoms with Gasteiger partial charge in [0.2, 0.25) is 0 Å². The van der Waals surface area contributed by atoms with Crippen molar-refractivity contribution in [3.05, 3.63) is 70.8 Å². The van der Waals surface area contributed by atoms with Crippen molar-refractivity contribution in [1.82, 2.24) is 0 Å². The number of carbonyl (C=O) groups is 2. The molecule has 1 fully saturated rings. The van der Waals surface area contributed by atoms with Crippen LogP contribution >= 0.6 is 0 Å². The van der Waals surface area contributed by atoms with E-state index in [2.05, 4.69) is 31.2 Å². The summed E-state index contributed by atoms with van der Waals surface area (Å²) in [6, 6.07) is 15.6. The Hall–Kier alpha value is -2.26. The van der Waals surface area contributed by atoms with Crippen molar-refractivity contribution in [1.29, 1.82) is 0 Å². The Labute approximate surface area is 154 Å². The van der Waals surface area contributed by atoms with Crippen molar-refractivity contribution in [2.45, 2.75) is 44.6 Å². The van der Waals surface area contributed by atoms with E-state index in [0.717, 1.165) is 25.7 Å². The predicted molar refractivity (Wildman–Crippen MR) is 100 cm³/mol. The van der Waals surface area contributed by atoms with E-state index in [1.54, 1.807) is 24.3 Å². The molecule has 3 heteroatoms. The molecule has 2 atom stereocenters. The number of Topliss-reactive ketones (excluding diaryl/α,β-unsaturated/α-hetero) is 2. The quantitative estimate of drug-likeness (QED) is 0.879. The molecule has 0 radical (unpaired) electrons. The molecule has 2 aromatic carbocycles. The highest BCUT2D eigenvalue weighted by Gasteiger charge is 2.45. The van der Waals surface area contributed by atoms with Gasteiger partial charge in [0.1, 0.15) is 6.10 Å². The molecule has 1 unspecified atom stereocenters. The van der Waals surface area contributed by atoms with Crippen LogP contribution < -0.4 is 0 Å². The van der Waals surface area contributed by atoms with Crippen LogP contribution in [0.4, 0.5) is 0 Å². The van der Waals surface area contributed by atoms with Gasteiger partial charge >= 0.3 is 0 Å². The first-order valence-corrected chi connectivity index (χ1v) is 9.48. The molecule has 26 heavy (non-hydrogen) atoms. The maximum atomic E-state index is 12.9. The second-order valence-electron chi connectivity index (χ2n) is 7.77. The highest BCUT2D eigenvalue weighted by atomic mass is 16.3. The number of ketones is 2. The van der Waals surface area contributed by atoms with Crippen molar-refractivity contribution < 1.29 is 14.7 Å². The van der Waals surface area contributed by atoms with E-state index in [9.17, 15) is 14.7 Å². The third-order valence-electron chi connectivity index (χ3n) is 6.20. The summed E-state index contributed by atoms with van der Waals surface area (Å²) in [5, 5.41) is 10.5. The molecular weight excluding hydrogens is 324 g/mol. The minimum absolute atomic E-state index is 0.0634. The van der Waals surface area contributed by atoms with Crippen LogP contribution in [0.2, 0.25) is 0 Å². The lowest BCUT2D eigenvalue weighted by atomic mass is 9.67. The molecular formula is C23H24O3. The van der Waals surface area contributed by atoms with E-state index >= 15 is 0 Å². The average Bonchev–Trinajstić information content (AvgIpc) is 2.68. The van der Waals surface area contributed by atoms with Gasteiger partial charge in [0, 0.05) is 11.1 Å². The molecule has 0 saturated heterocycles. The summed E-state index contributed by atoms with van der Waals surface area (Å²) >= 11 is 0. The van der Waals surface area contributed by atoms with Gasteiger partial charge in [-0.1, -0.05) is 54.1 Å². The molecule has 0 aromatic heterocycles. The van der Waals surface area contributed by atoms with E-state index in [0.29, 0.717) is 17.0 Å². The Morgan fingerprint density at radius 2 is 1.38 bits per heavy atom. The van der Waals surface area contributed by atoms with Crippen molar-refractivity contribution in [2.75, 3.05) is 0 Å². The van der Waals surface area contributed by atoms with Gasteiger partial charge in [0.25, 0.3) is 0 Å². The van der Waals surface area contributed by atoms with Gasteiger partial charge in [-0.2, -0.15) is 0 Å². The minimum atomic E-state index is -1.20. The molecule has 0 heterocycles. The Morgan fingerprint density at radius 3 is 2.00 bits per heavy atom. The molecule has 3 nitrogen and oxygen atoms in total. The summed E-state index contributed by atoms with van der Waals surface area (Å²) in [5.74, 6) is -0.365. The van der Waals surface area contributed by atoms with Gasteiger partial charge in [-0.15, -0.1) is 0 Å². The van der Waals surface area contributed by atoms with Crippen LogP contribution in [0.1, 0.15) is 63.4 Å². The molecule has 2 aromatic rings. The number of benzene rings is 2. The molecule has 1 N–H and O–H groups in total. The van der Waals surface area contributed by atoms with Crippen LogP contribution in [-0.4, -0.2) is 22.8 Å². The predicted octanol–water partition coefficient (Wildman–Crippen LogP) is 4.33. The lowest BCUT2D eigenvalue weighted by Crippen LogP contribution is -2.45. The van der Waals surface area contributed by atoms with Gasteiger partial charge in [-0.05, 0) is 50.0 Å². The van der Waals surface area contributed by atoms with Crippen molar-refractivity contribution in [3.8, 4) is 0 Å². The first-order valence-electron chi connectivity index (χ1n) is 9.48. The number of hydrogen-bond donors (Lipinski definition) is 1. The van der Waals surface area contributed by atoms with Crippen LogP contribution in [-0.2, 0) is 0 Å². The van der Waals surface area contributed by atoms with Gasteiger partial charge in [0.05, 0.1) is 5.92 Å². The SMILES string of the molecule is Cc1ccc(C2CCC([C@H]3C(=O)c4ccccc4C(=O)C3O)CC2)cc1. The second-order valence-corrected chi connectivity index (χ2v) is 7.77. The van der Waals surface area contributed by atoms with Crippen molar-refractivity contribution in [3.63, 3.8) is 0 Å². The zero-order valence-corrected chi connectivity index (χ0v) is 15.0. The largest absolute Gasteiger partial charge is 0.384 e. The van der Waals surface area contributed by atoms with Gasteiger partial charge in [0.15, 0.2) is 11.6 Å². The Bertz CT molecular complexity index is 829. The number of aliphatic hydroxyl groups is 1. The molecule has 0 spiro atoms. The third-order valence-corrected chi connectivity index (χ3v) is 6.20. The van der Waals surface area contributed by atoms with Crippen LogP contribution in [0.15, 0.2) is 48.5 Å². The summed E-state index contributed by atoms with van der Waals surface area (Å²) in [6.45, 7) is 2.09. The molecule has 134 valence electrons. The number of fused-ring (bicyclic) bond motifs is 1. The number of aryl methyl sites for hydroxylation is 1. The number of rotatable bonds is 2. The van der Waals surface area contributed by atoms with E-state index < -0.39 is 12.0 Å².